The van der Waals surface area contributed by atoms with Crippen molar-refractivity contribution in [1.82, 2.24) is 14.8 Å². The summed E-state index contributed by atoms with van der Waals surface area (Å²) in [5.41, 5.74) is 1.59. The topological polar surface area (TPSA) is 71.4 Å². The average Bonchev–Trinajstić information content (AvgIpc) is 2.95. The van der Waals surface area contributed by atoms with E-state index < -0.39 is 11.6 Å². The molecule has 0 unspecified atom stereocenters. The highest BCUT2D eigenvalue weighted by atomic mass is 16.2. The van der Waals surface area contributed by atoms with Gasteiger partial charge in [0.15, 0.2) is 5.78 Å². The summed E-state index contributed by atoms with van der Waals surface area (Å²) < 4.78 is 2.04. The summed E-state index contributed by atoms with van der Waals surface area (Å²) in [6.45, 7) is 10.1. The molecule has 0 spiro atoms. The lowest BCUT2D eigenvalue weighted by Crippen LogP contribution is -2.46. The monoisotopic (exact) mass is 319 g/mol. The Bertz CT molecular complexity index is 656. The molecule has 0 saturated carbocycles. The molecule has 0 bridgehead atoms. The Morgan fingerprint density at radius 2 is 1.78 bits per heavy atom. The molecule has 1 aromatic heterocycles. The number of nitrogens with zero attached hydrogens (tertiary/aromatic N) is 2. The van der Waals surface area contributed by atoms with E-state index in [2.05, 4.69) is 5.32 Å². The predicted molar refractivity (Wildman–Crippen MR) is 87.5 cm³/mol. The number of aromatic nitrogens is 1. The van der Waals surface area contributed by atoms with Crippen LogP contribution in [0.2, 0.25) is 0 Å². The Balaban J connectivity index is 2.24. The van der Waals surface area contributed by atoms with Crippen LogP contribution >= 0.6 is 0 Å². The molecule has 2 rings (SSSR count). The molecule has 3 amide bonds. The van der Waals surface area contributed by atoms with Crippen LogP contribution in [-0.4, -0.2) is 39.3 Å². The molecule has 2 heterocycles. The minimum absolute atomic E-state index is 0.204. The fourth-order valence-corrected chi connectivity index (χ4v) is 3.35. The van der Waals surface area contributed by atoms with Gasteiger partial charge in [-0.1, -0.05) is 13.8 Å². The number of nitrogens with one attached hydrogen (secondary N) is 1. The van der Waals surface area contributed by atoms with Crippen LogP contribution in [0.15, 0.2) is 6.07 Å². The highest BCUT2D eigenvalue weighted by molar-refractivity contribution is 6.11. The number of ketones is 1. The van der Waals surface area contributed by atoms with Crippen LogP contribution in [0, 0.1) is 13.8 Å². The van der Waals surface area contributed by atoms with Crippen LogP contribution in [0.25, 0.3) is 0 Å². The molecule has 0 aliphatic carbocycles. The van der Waals surface area contributed by atoms with Gasteiger partial charge in [-0.25, -0.2) is 4.79 Å². The summed E-state index contributed by atoms with van der Waals surface area (Å²) in [5, 5.41) is 2.75. The van der Waals surface area contributed by atoms with Gasteiger partial charge in [-0.2, -0.15) is 0 Å². The third-order valence-corrected chi connectivity index (χ3v) is 4.95. The van der Waals surface area contributed by atoms with E-state index in [4.69, 9.17) is 0 Å². The first-order chi connectivity index (χ1) is 10.8. The molecule has 126 valence electrons. The van der Waals surface area contributed by atoms with E-state index in [1.807, 2.05) is 45.3 Å². The zero-order valence-corrected chi connectivity index (χ0v) is 14.5. The van der Waals surface area contributed by atoms with Gasteiger partial charge in [-0.15, -0.1) is 0 Å². The van der Waals surface area contributed by atoms with E-state index >= 15 is 0 Å². The van der Waals surface area contributed by atoms with E-state index in [1.54, 1.807) is 0 Å². The van der Waals surface area contributed by atoms with Crippen LogP contribution in [0.3, 0.4) is 0 Å². The summed E-state index contributed by atoms with van der Waals surface area (Å²) in [6.07, 6.45) is 1.03. The summed E-state index contributed by atoms with van der Waals surface area (Å²) in [6, 6.07) is 1.35. The molecule has 6 heteroatoms. The Hall–Kier alpha value is -2.11. The van der Waals surface area contributed by atoms with E-state index in [-0.39, 0.29) is 18.2 Å². The highest BCUT2D eigenvalue weighted by Crippen LogP contribution is 2.25. The molecular formula is C17H25N3O3. The molecule has 0 aromatic carbocycles. The molecule has 6 nitrogen and oxygen atoms in total. The van der Waals surface area contributed by atoms with Gasteiger partial charge in [-0.3, -0.25) is 14.5 Å². The first-order valence-corrected chi connectivity index (χ1v) is 8.15. The van der Waals surface area contributed by atoms with Crippen molar-refractivity contribution < 1.29 is 14.4 Å². The van der Waals surface area contributed by atoms with Gasteiger partial charge < -0.3 is 9.88 Å². The largest absolute Gasteiger partial charge is 0.349 e. The number of amides is 3. The van der Waals surface area contributed by atoms with Crippen LogP contribution in [0.4, 0.5) is 4.79 Å². The van der Waals surface area contributed by atoms with Gasteiger partial charge in [0.2, 0.25) is 0 Å². The number of aryl methyl sites for hydroxylation is 1. The van der Waals surface area contributed by atoms with Gasteiger partial charge >= 0.3 is 6.03 Å². The standard InChI is InChI=1S/C17H25N3O3/c1-6-17(7-2)15(22)20(16(23)18-17)10-14(21)13-9-11(4)19(8-3)12(13)5/h9H,6-8,10H2,1-5H3,(H,18,23). The Morgan fingerprint density at radius 3 is 2.22 bits per heavy atom. The minimum Gasteiger partial charge on any atom is -0.349 e. The molecule has 0 radical (unpaired) electrons. The van der Waals surface area contributed by atoms with Crippen molar-refractivity contribution in [3.05, 3.63) is 23.0 Å². The maximum Gasteiger partial charge on any atom is 0.325 e. The maximum absolute atomic E-state index is 12.6. The van der Waals surface area contributed by atoms with Crippen molar-refractivity contribution in [3.63, 3.8) is 0 Å². The number of carbonyl (C=O) groups excluding carboxylic acids is 3. The lowest BCUT2D eigenvalue weighted by atomic mass is 9.93. The number of carbonyl (C=O) groups is 3. The number of Topliss-reactive ketones (excluding diaryl/α,β-unsaturated/α-hetero) is 1. The first kappa shape index (κ1) is 17.2. The fourth-order valence-electron chi connectivity index (χ4n) is 3.35. The van der Waals surface area contributed by atoms with E-state index in [1.165, 1.54) is 0 Å². The van der Waals surface area contributed by atoms with Crippen molar-refractivity contribution in [2.24, 2.45) is 0 Å². The van der Waals surface area contributed by atoms with E-state index in [0.29, 0.717) is 18.4 Å². The third-order valence-electron chi connectivity index (χ3n) is 4.95. The molecule has 1 N–H and O–H groups in total. The maximum atomic E-state index is 12.6. The number of rotatable bonds is 6. The normalized spacial score (nSPS) is 16.8. The van der Waals surface area contributed by atoms with E-state index in [0.717, 1.165) is 22.8 Å². The smallest absolute Gasteiger partial charge is 0.325 e. The predicted octanol–water partition coefficient (Wildman–Crippen LogP) is 2.42. The number of imide groups is 1. The summed E-state index contributed by atoms with van der Waals surface area (Å²) in [4.78, 5) is 38.3. The van der Waals surface area contributed by atoms with Crippen molar-refractivity contribution in [2.45, 2.75) is 59.5 Å². The highest BCUT2D eigenvalue weighted by Gasteiger charge is 2.49. The summed E-state index contributed by atoms with van der Waals surface area (Å²) >= 11 is 0. The molecule has 1 aliphatic heterocycles. The third kappa shape index (κ3) is 2.66. The van der Waals surface area contributed by atoms with Crippen molar-refractivity contribution in [1.29, 1.82) is 0 Å². The van der Waals surface area contributed by atoms with Gasteiger partial charge in [-0.05, 0) is 39.7 Å². The van der Waals surface area contributed by atoms with Crippen molar-refractivity contribution in [2.75, 3.05) is 6.54 Å². The minimum atomic E-state index is -0.863. The molecule has 0 atom stereocenters. The molecule has 1 aromatic rings. The summed E-state index contributed by atoms with van der Waals surface area (Å²) in [5.74, 6) is -0.505. The average molecular weight is 319 g/mol. The second-order valence-electron chi connectivity index (χ2n) is 6.06. The Labute approximate surface area is 136 Å². The fraction of sp³-hybridized carbons (Fsp3) is 0.588. The van der Waals surface area contributed by atoms with Gasteiger partial charge in [0, 0.05) is 23.5 Å². The lowest BCUT2D eigenvalue weighted by Gasteiger charge is -2.22. The molecule has 23 heavy (non-hydrogen) atoms. The summed E-state index contributed by atoms with van der Waals surface area (Å²) in [7, 11) is 0. The quantitative estimate of drug-likeness (QED) is 0.646. The van der Waals surface area contributed by atoms with Crippen molar-refractivity contribution >= 4 is 17.7 Å². The van der Waals surface area contributed by atoms with Crippen LogP contribution < -0.4 is 5.32 Å². The molecule has 1 fully saturated rings. The Kier molecular flexibility index (Phi) is 4.63. The zero-order chi connectivity index (χ0) is 17.4. The zero-order valence-electron chi connectivity index (χ0n) is 14.5. The molecular weight excluding hydrogens is 294 g/mol. The number of hydrogen-bond donors (Lipinski definition) is 1. The first-order valence-electron chi connectivity index (χ1n) is 8.15. The van der Waals surface area contributed by atoms with E-state index in [9.17, 15) is 14.4 Å². The second kappa shape index (κ2) is 6.18. The van der Waals surface area contributed by atoms with Gasteiger partial charge in [0.25, 0.3) is 5.91 Å². The van der Waals surface area contributed by atoms with Crippen LogP contribution in [-0.2, 0) is 11.3 Å². The number of hydrogen-bond acceptors (Lipinski definition) is 3. The second-order valence-corrected chi connectivity index (χ2v) is 6.06. The van der Waals surface area contributed by atoms with Crippen LogP contribution in [0.1, 0.15) is 55.4 Å². The molecule has 1 saturated heterocycles. The number of urea groups is 1. The van der Waals surface area contributed by atoms with Gasteiger partial charge in [0.1, 0.15) is 5.54 Å². The van der Waals surface area contributed by atoms with Crippen molar-refractivity contribution in [3.8, 4) is 0 Å². The Morgan fingerprint density at radius 1 is 1.17 bits per heavy atom. The SMILES string of the molecule is CCn1c(C)cc(C(=O)CN2C(=O)NC(CC)(CC)C2=O)c1C. The van der Waals surface area contributed by atoms with Gasteiger partial charge in [0.05, 0.1) is 6.54 Å². The molecule has 1 aliphatic rings. The lowest BCUT2D eigenvalue weighted by molar-refractivity contribution is -0.131. The van der Waals surface area contributed by atoms with Crippen LogP contribution in [0.5, 0.6) is 0 Å².